The van der Waals surface area contributed by atoms with Crippen LogP contribution < -0.4 is 20.1 Å². The van der Waals surface area contributed by atoms with Gasteiger partial charge in [-0.25, -0.2) is 4.79 Å². The van der Waals surface area contributed by atoms with Crippen LogP contribution in [-0.2, 0) is 16.1 Å². The van der Waals surface area contributed by atoms with E-state index in [0.717, 1.165) is 11.1 Å². The number of para-hydroxylation sites is 1. The van der Waals surface area contributed by atoms with Gasteiger partial charge in [-0.05, 0) is 36.8 Å². The molecule has 0 radical (unpaired) electrons. The van der Waals surface area contributed by atoms with Gasteiger partial charge in [-0.1, -0.05) is 42.0 Å². The molecule has 176 valence electrons. The molecule has 0 aromatic heterocycles. The Balaban J connectivity index is 1.59. The molecule has 2 N–H and O–H groups in total. The molecule has 0 spiro atoms. The second-order valence-electron chi connectivity index (χ2n) is 7.44. The summed E-state index contributed by atoms with van der Waals surface area (Å²) in [4.78, 5) is 37.5. The minimum atomic E-state index is -0.712. The molecule has 0 aliphatic rings. The highest BCUT2D eigenvalue weighted by Crippen LogP contribution is 2.23. The molecule has 0 atom stereocenters. The molecule has 0 unspecified atom stereocenters. The SMILES string of the molecule is COc1cc(OC)cc(C(=O)OCC(=O)Nc2ccccc2C(=O)NCc2ccc(C)cc2)c1. The van der Waals surface area contributed by atoms with Gasteiger partial charge in [0.25, 0.3) is 11.8 Å². The average molecular weight is 463 g/mol. The van der Waals surface area contributed by atoms with Crippen LogP contribution in [-0.4, -0.2) is 38.6 Å². The van der Waals surface area contributed by atoms with Gasteiger partial charge in [-0.15, -0.1) is 0 Å². The highest BCUT2D eigenvalue weighted by Gasteiger charge is 2.16. The van der Waals surface area contributed by atoms with Crippen LogP contribution in [0.15, 0.2) is 66.7 Å². The van der Waals surface area contributed by atoms with Crippen molar-refractivity contribution in [1.82, 2.24) is 5.32 Å². The molecule has 3 rings (SSSR count). The van der Waals surface area contributed by atoms with Gasteiger partial charge in [-0.2, -0.15) is 0 Å². The topological polar surface area (TPSA) is 103 Å². The molecule has 0 bridgehead atoms. The third-order valence-corrected chi connectivity index (χ3v) is 4.94. The summed E-state index contributed by atoms with van der Waals surface area (Å²) in [6, 6.07) is 19.0. The van der Waals surface area contributed by atoms with Crippen molar-refractivity contribution in [3.05, 3.63) is 89.0 Å². The van der Waals surface area contributed by atoms with Gasteiger partial charge >= 0.3 is 5.97 Å². The molecule has 34 heavy (non-hydrogen) atoms. The van der Waals surface area contributed by atoms with E-state index in [4.69, 9.17) is 14.2 Å². The van der Waals surface area contributed by atoms with Crippen molar-refractivity contribution in [3.63, 3.8) is 0 Å². The summed E-state index contributed by atoms with van der Waals surface area (Å²) >= 11 is 0. The molecule has 0 saturated carbocycles. The number of amides is 2. The monoisotopic (exact) mass is 462 g/mol. The Hall–Kier alpha value is -4.33. The molecule has 0 aliphatic carbocycles. The average Bonchev–Trinajstić information content (AvgIpc) is 2.86. The molecule has 0 heterocycles. The van der Waals surface area contributed by atoms with Crippen molar-refractivity contribution < 1.29 is 28.6 Å². The zero-order chi connectivity index (χ0) is 24.5. The van der Waals surface area contributed by atoms with Crippen LogP contribution >= 0.6 is 0 Å². The number of rotatable bonds is 9. The number of carbonyl (C=O) groups excluding carboxylic acids is 3. The third-order valence-electron chi connectivity index (χ3n) is 4.94. The van der Waals surface area contributed by atoms with Crippen molar-refractivity contribution in [1.29, 1.82) is 0 Å². The molecule has 3 aromatic rings. The van der Waals surface area contributed by atoms with Crippen molar-refractivity contribution in [3.8, 4) is 11.5 Å². The smallest absolute Gasteiger partial charge is 0.338 e. The fourth-order valence-corrected chi connectivity index (χ4v) is 3.10. The first-order chi connectivity index (χ1) is 16.4. The second kappa shape index (κ2) is 11.5. The maximum Gasteiger partial charge on any atom is 0.338 e. The minimum absolute atomic E-state index is 0.180. The number of ether oxygens (including phenoxy) is 3. The number of esters is 1. The molecular weight excluding hydrogens is 436 g/mol. The van der Waals surface area contributed by atoms with Gasteiger partial charge in [-0.3, -0.25) is 9.59 Å². The Labute approximate surface area is 197 Å². The van der Waals surface area contributed by atoms with E-state index in [0.29, 0.717) is 29.3 Å². The van der Waals surface area contributed by atoms with Gasteiger partial charge < -0.3 is 24.8 Å². The first-order valence-electron chi connectivity index (χ1n) is 10.5. The summed E-state index contributed by atoms with van der Waals surface area (Å²) in [7, 11) is 2.93. The number of anilines is 1. The zero-order valence-electron chi connectivity index (χ0n) is 19.2. The molecule has 8 nitrogen and oxygen atoms in total. The van der Waals surface area contributed by atoms with Crippen LogP contribution in [0.4, 0.5) is 5.69 Å². The fraction of sp³-hybridized carbons (Fsp3) is 0.192. The Morgan fingerprint density at radius 1 is 0.853 bits per heavy atom. The Morgan fingerprint density at radius 3 is 2.15 bits per heavy atom. The first-order valence-corrected chi connectivity index (χ1v) is 10.5. The lowest BCUT2D eigenvalue weighted by Crippen LogP contribution is -2.26. The molecular formula is C26H26N2O6. The second-order valence-corrected chi connectivity index (χ2v) is 7.44. The highest BCUT2D eigenvalue weighted by atomic mass is 16.5. The maximum absolute atomic E-state index is 12.7. The van der Waals surface area contributed by atoms with E-state index >= 15 is 0 Å². The number of hydrogen-bond donors (Lipinski definition) is 2. The molecule has 0 aliphatic heterocycles. The number of nitrogens with one attached hydrogen (secondary N) is 2. The number of aryl methyl sites for hydroxylation is 1. The van der Waals surface area contributed by atoms with E-state index in [9.17, 15) is 14.4 Å². The Morgan fingerprint density at radius 2 is 1.50 bits per heavy atom. The Bertz CT molecular complexity index is 1150. The van der Waals surface area contributed by atoms with Gasteiger partial charge in [0.1, 0.15) is 11.5 Å². The van der Waals surface area contributed by atoms with Gasteiger partial charge in [0.2, 0.25) is 0 Å². The van der Waals surface area contributed by atoms with E-state index in [2.05, 4.69) is 10.6 Å². The quantitative estimate of drug-likeness (QED) is 0.470. The summed E-state index contributed by atoms with van der Waals surface area (Å²) in [5, 5.41) is 5.47. The van der Waals surface area contributed by atoms with E-state index in [1.807, 2.05) is 31.2 Å². The van der Waals surface area contributed by atoms with Gasteiger partial charge in [0, 0.05) is 12.6 Å². The number of carbonyl (C=O) groups is 3. The first kappa shape index (κ1) is 24.3. The van der Waals surface area contributed by atoms with Crippen LogP contribution in [0.2, 0.25) is 0 Å². The molecule has 0 fully saturated rings. The lowest BCUT2D eigenvalue weighted by Gasteiger charge is -2.12. The van der Waals surface area contributed by atoms with Crippen LogP contribution in [0, 0.1) is 6.92 Å². The predicted octanol–water partition coefficient (Wildman–Crippen LogP) is 3.74. The van der Waals surface area contributed by atoms with Gasteiger partial charge in [0.05, 0.1) is 31.0 Å². The van der Waals surface area contributed by atoms with Crippen LogP contribution in [0.3, 0.4) is 0 Å². The largest absolute Gasteiger partial charge is 0.497 e. The molecule has 0 saturated heterocycles. The van der Waals surface area contributed by atoms with Crippen LogP contribution in [0.25, 0.3) is 0 Å². The standard InChI is InChI=1S/C26H26N2O6/c1-17-8-10-18(11-9-17)15-27-25(30)22-6-4-5-7-23(22)28-24(29)16-34-26(31)19-12-20(32-2)14-21(13-19)33-3/h4-14H,15-16H2,1-3H3,(H,27,30)(H,28,29). The molecule has 3 aromatic carbocycles. The summed E-state index contributed by atoms with van der Waals surface area (Å²) < 4.78 is 15.4. The minimum Gasteiger partial charge on any atom is -0.497 e. The van der Waals surface area contributed by atoms with Crippen LogP contribution in [0.5, 0.6) is 11.5 Å². The lowest BCUT2D eigenvalue weighted by atomic mass is 10.1. The van der Waals surface area contributed by atoms with Crippen molar-refractivity contribution >= 4 is 23.5 Å². The summed E-state index contributed by atoms with van der Waals surface area (Å²) in [5.41, 5.74) is 2.88. The highest BCUT2D eigenvalue weighted by molar-refractivity contribution is 6.04. The summed E-state index contributed by atoms with van der Waals surface area (Å²) in [6.07, 6.45) is 0. The van der Waals surface area contributed by atoms with Crippen molar-refractivity contribution in [2.45, 2.75) is 13.5 Å². The number of methoxy groups -OCH3 is 2. The predicted molar refractivity (Wildman–Crippen MR) is 127 cm³/mol. The number of benzene rings is 3. The van der Waals surface area contributed by atoms with Crippen LogP contribution in [0.1, 0.15) is 31.8 Å². The maximum atomic E-state index is 12.7. The number of hydrogen-bond acceptors (Lipinski definition) is 6. The molecule has 8 heteroatoms. The lowest BCUT2D eigenvalue weighted by molar-refractivity contribution is -0.119. The van der Waals surface area contributed by atoms with Gasteiger partial charge in [0.15, 0.2) is 6.61 Å². The van der Waals surface area contributed by atoms with E-state index < -0.39 is 18.5 Å². The zero-order valence-corrected chi connectivity index (χ0v) is 19.2. The molecule has 2 amide bonds. The summed E-state index contributed by atoms with van der Waals surface area (Å²) in [6.45, 7) is 1.81. The normalized spacial score (nSPS) is 10.2. The van der Waals surface area contributed by atoms with E-state index in [1.165, 1.54) is 26.4 Å². The van der Waals surface area contributed by atoms with Crippen molar-refractivity contribution in [2.75, 3.05) is 26.1 Å². The Kier molecular flexibility index (Phi) is 8.23. The van der Waals surface area contributed by atoms with E-state index in [1.54, 1.807) is 30.3 Å². The summed E-state index contributed by atoms with van der Waals surface area (Å²) in [5.74, 6) is -0.793. The van der Waals surface area contributed by atoms with E-state index in [-0.39, 0.29) is 11.5 Å². The fourth-order valence-electron chi connectivity index (χ4n) is 3.10. The third kappa shape index (κ3) is 6.59. The van der Waals surface area contributed by atoms with Crippen molar-refractivity contribution in [2.24, 2.45) is 0 Å².